The Hall–Kier alpha value is -2.01. The van der Waals surface area contributed by atoms with Gasteiger partial charge in [0, 0.05) is 17.3 Å². The minimum absolute atomic E-state index is 0.0323. The van der Waals surface area contributed by atoms with Gasteiger partial charge in [-0.2, -0.15) is 0 Å². The van der Waals surface area contributed by atoms with Crippen molar-refractivity contribution in [1.29, 1.82) is 0 Å². The van der Waals surface area contributed by atoms with Crippen molar-refractivity contribution in [2.75, 3.05) is 6.54 Å². The molecule has 1 saturated carbocycles. The Labute approximate surface area is 159 Å². The Morgan fingerprint density at radius 3 is 2.50 bits per heavy atom. The van der Waals surface area contributed by atoms with Crippen LogP contribution in [0, 0.1) is 0 Å². The second-order valence-electron chi connectivity index (χ2n) is 6.84. The van der Waals surface area contributed by atoms with Crippen LogP contribution in [0.15, 0.2) is 35.5 Å². The third kappa shape index (κ3) is 3.88. The van der Waals surface area contributed by atoms with E-state index in [1.807, 2.05) is 26.0 Å². The quantitative estimate of drug-likeness (QED) is 0.782. The molecule has 1 atom stereocenters. The van der Waals surface area contributed by atoms with Gasteiger partial charge in [0.15, 0.2) is 0 Å². The molecule has 2 aliphatic rings. The Morgan fingerprint density at radius 2 is 1.88 bits per heavy atom. The lowest BCUT2D eigenvalue weighted by Crippen LogP contribution is -2.48. The molecule has 1 heterocycles. The molecular formula is C20H25ClN2O3. The molecule has 1 N–H and O–H groups in total. The number of carbonyl (C=O) groups excluding carboxylic acids is 2. The van der Waals surface area contributed by atoms with Crippen LogP contribution in [0.4, 0.5) is 4.79 Å². The molecule has 0 aromatic heterocycles. The molecule has 3 rings (SSSR count). The molecule has 1 aliphatic heterocycles. The van der Waals surface area contributed by atoms with Crippen LogP contribution in [-0.2, 0) is 9.53 Å². The fourth-order valence-corrected chi connectivity index (χ4v) is 3.86. The summed E-state index contributed by atoms with van der Waals surface area (Å²) in [6.07, 6.45) is 5.17. The summed E-state index contributed by atoms with van der Waals surface area (Å²) in [5.41, 5.74) is 1.96. The first-order valence-electron chi connectivity index (χ1n) is 9.26. The van der Waals surface area contributed by atoms with E-state index in [1.54, 1.807) is 17.0 Å². The van der Waals surface area contributed by atoms with E-state index < -0.39 is 6.04 Å². The molecule has 0 unspecified atom stereocenters. The number of allylic oxidation sites excluding steroid dienone is 1. The first-order valence-corrected chi connectivity index (χ1v) is 9.64. The summed E-state index contributed by atoms with van der Waals surface area (Å²) < 4.78 is 5.80. The Morgan fingerprint density at radius 1 is 1.23 bits per heavy atom. The standard InChI is InChI=1S/C20H25ClN2O3/c1-3-23-13(2)17(19(24)26-16-7-5-4-6-8-16)18(22-20(23)25)14-9-11-15(21)12-10-14/h9-12,16,18H,3-8H2,1-2H3,(H,22,25)/t18-/m1/s1. The molecule has 5 nitrogen and oxygen atoms in total. The lowest BCUT2D eigenvalue weighted by Gasteiger charge is -2.35. The normalized spacial score (nSPS) is 21.6. The Kier molecular flexibility index (Phi) is 5.87. The maximum Gasteiger partial charge on any atom is 0.338 e. The Bertz CT molecular complexity index is 708. The molecule has 1 aliphatic carbocycles. The Balaban J connectivity index is 1.93. The zero-order chi connectivity index (χ0) is 18.7. The van der Waals surface area contributed by atoms with Crippen molar-refractivity contribution in [1.82, 2.24) is 10.2 Å². The van der Waals surface area contributed by atoms with Gasteiger partial charge in [0.05, 0.1) is 11.6 Å². The number of benzene rings is 1. The number of halogens is 1. The fourth-order valence-electron chi connectivity index (χ4n) is 3.73. The topological polar surface area (TPSA) is 58.6 Å². The van der Waals surface area contributed by atoms with Gasteiger partial charge < -0.3 is 10.1 Å². The fraction of sp³-hybridized carbons (Fsp3) is 0.500. The van der Waals surface area contributed by atoms with E-state index in [-0.39, 0.29) is 18.1 Å². The molecule has 26 heavy (non-hydrogen) atoms. The minimum atomic E-state index is -0.529. The largest absolute Gasteiger partial charge is 0.459 e. The lowest BCUT2D eigenvalue weighted by molar-refractivity contribution is -0.146. The van der Waals surface area contributed by atoms with E-state index in [4.69, 9.17) is 16.3 Å². The first kappa shape index (κ1) is 18.8. The van der Waals surface area contributed by atoms with E-state index >= 15 is 0 Å². The van der Waals surface area contributed by atoms with Crippen LogP contribution >= 0.6 is 11.6 Å². The number of amides is 2. The van der Waals surface area contributed by atoms with Gasteiger partial charge in [-0.15, -0.1) is 0 Å². The molecule has 0 saturated heterocycles. The highest BCUT2D eigenvalue weighted by molar-refractivity contribution is 6.30. The van der Waals surface area contributed by atoms with Gasteiger partial charge in [0.25, 0.3) is 0 Å². The predicted octanol–water partition coefficient (Wildman–Crippen LogP) is 4.58. The highest BCUT2D eigenvalue weighted by Gasteiger charge is 2.36. The summed E-state index contributed by atoms with van der Waals surface area (Å²) in [4.78, 5) is 27.0. The SMILES string of the molecule is CCN1C(=O)N[C@H](c2ccc(Cl)cc2)C(C(=O)OC2CCCCC2)=C1C. The molecular weight excluding hydrogens is 352 g/mol. The molecule has 0 bridgehead atoms. The summed E-state index contributed by atoms with van der Waals surface area (Å²) in [6, 6.07) is 6.44. The molecule has 2 amide bonds. The van der Waals surface area contributed by atoms with Gasteiger partial charge in [0.1, 0.15) is 6.10 Å². The summed E-state index contributed by atoms with van der Waals surface area (Å²) in [6.45, 7) is 4.18. The number of ether oxygens (including phenoxy) is 1. The molecule has 1 aromatic rings. The molecule has 1 aromatic carbocycles. The molecule has 1 fully saturated rings. The number of hydrogen-bond donors (Lipinski definition) is 1. The molecule has 0 spiro atoms. The van der Waals surface area contributed by atoms with E-state index in [1.165, 1.54) is 6.42 Å². The maximum absolute atomic E-state index is 13.0. The number of nitrogens with zero attached hydrogens (tertiary/aromatic N) is 1. The molecule has 0 radical (unpaired) electrons. The molecule has 140 valence electrons. The van der Waals surface area contributed by atoms with Crippen LogP contribution < -0.4 is 5.32 Å². The second kappa shape index (κ2) is 8.12. The summed E-state index contributed by atoms with van der Waals surface area (Å²) >= 11 is 5.98. The van der Waals surface area contributed by atoms with Gasteiger partial charge >= 0.3 is 12.0 Å². The summed E-state index contributed by atoms with van der Waals surface area (Å²) in [7, 11) is 0. The van der Waals surface area contributed by atoms with Crippen LogP contribution in [0.3, 0.4) is 0 Å². The third-order valence-corrected chi connectivity index (χ3v) is 5.41. The second-order valence-corrected chi connectivity index (χ2v) is 7.28. The van der Waals surface area contributed by atoms with E-state index in [0.717, 1.165) is 31.2 Å². The zero-order valence-corrected chi connectivity index (χ0v) is 16.0. The maximum atomic E-state index is 13.0. The van der Waals surface area contributed by atoms with E-state index in [2.05, 4.69) is 5.32 Å². The highest BCUT2D eigenvalue weighted by atomic mass is 35.5. The van der Waals surface area contributed by atoms with Crippen LogP contribution in [-0.4, -0.2) is 29.5 Å². The van der Waals surface area contributed by atoms with Gasteiger partial charge in [0.2, 0.25) is 0 Å². The zero-order valence-electron chi connectivity index (χ0n) is 15.3. The van der Waals surface area contributed by atoms with Crippen molar-refractivity contribution < 1.29 is 14.3 Å². The van der Waals surface area contributed by atoms with Gasteiger partial charge in [-0.3, -0.25) is 4.90 Å². The lowest BCUT2D eigenvalue weighted by atomic mass is 9.94. The van der Waals surface area contributed by atoms with E-state index in [0.29, 0.717) is 22.8 Å². The van der Waals surface area contributed by atoms with Crippen LogP contribution in [0.2, 0.25) is 5.02 Å². The van der Waals surface area contributed by atoms with Crippen molar-refractivity contribution in [2.24, 2.45) is 0 Å². The van der Waals surface area contributed by atoms with Crippen molar-refractivity contribution in [3.63, 3.8) is 0 Å². The predicted molar refractivity (Wildman–Crippen MR) is 101 cm³/mol. The van der Waals surface area contributed by atoms with Crippen molar-refractivity contribution in [3.05, 3.63) is 46.1 Å². The number of nitrogens with one attached hydrogen (secondary N) is 1. The molecule has 6 heteroatoms. The van der Waals surface area contributed by atoms with Crippen LogP contribution in [0.25, 0.3) is 0 Å². The first-order chi connectivity index (χ1) is 12.5. The monoisotopic (exact) mass is 376 g/mol. The number of urea groups is 1. The minimum Gasteiger partial charge on any atom is -0.459 e. The third-order valence-electron chi connectivity index (χ3n) is 5.16. The smallest absolute Gasteiger partial charge is 0.338 e. The average Bonchev–Trinajstić information content (AvgIpc) is 2.63. The van der Waals surface area contributed by atoms with Gasteiger partial charge in [-0.1, -0.05) is 30.2 Å². The van der Waals surface area contributed by atoms with Crippen LogP contribution in [0.1, 0.15) is 57.6 Å². The van der Waals surface area contributed by atoms with Crippen molar-refractivity contribution in [2.45, 2.75) is 58.1 Å². The van der Waals surface area contributed by atoms with Crippen molar-refractivity contribution >= 4 is 23.6 Å². The summed E-state index contributed by atoms with van der Waals surface area (Å²) in [5, 5.41) is 3.55. The van der Waals surface area contributed by atoms with Gasteiger partial charge in [-0.25, -0.2) is 9.59 Å². The van der Waals surface area contributed by atoms with Crippen LogP contribution in [0.5, 0.6) is 0 Å². The number of rotatable bonds is 4. The number of carbonyl (C=O) groups is 2. The number of esters is 1. The highest BCUT2D eigenvalue weighted by Crippen LogP contribution is 2.33. The van der Waals surface area contributed by atoms with E-state index in [9.17, 15) is 9.59 Å². The van der Waals surface area contributed by atoms with Gasteiger partial charge in [-0.05, 0) is 57.2 Å². The summed E-state index contributed by atoms with van der Waals surface area (Å²) in [5.74, 6) is -0.340. The number of hydrogen-bond acceptors (Lipinski definition) is 3. The average molecular weight is 377 g/mol. The van der Waals surface area contributed by atoms with Crippen molar-refractivity contribution in [3.8, 4) is 0 Å².